The average Bonchev–Trinajstić information content (AvgIpc) is 2.75. The lowest BCUT2D eigenvalue weighted by molar-refractivity contribution is -0.141. The molecule has 0 aliphatic heterocycles. The fourth-order valence-corrected chi connectivity index (χ4v) is 3.53. The van der Waals surface area contributed by atoms with Gasteiger partial charge in [0.1, 0.15) is 6.04 Å². The summed E-state index contributed by atoms with van der Waals surface area (Å²) in [7, 11) is 1.27. The summed E-state index contributed by atoms with van der Waals surface area (Å²) in [5.41, 5.74) is 5.76. The number of nitrogens with two attached hydrogens (primary N) is 1. The van der Waals surface area contributed by atoms with Crippen LogP contribution in [0.15, 0.2) is 24.3 Å². The Hall–Kier alpha value is -2.19. The first-order chi connectivity index (χ1) is 14.9. The molecule has 0 radical (unpaired) electrons. The monoisotopic (exact) mass is 449 g/mol. The molecule has 0 spiro atoms. The van der Waals surface area contributed by atoms with Gasteiger partial charge < -0.3 is 20.7 Å². The lowest BCUT2D eigenvalue weighted by Crippen LogP contribution is -2.35. The minimum Gasteiger partial charge on any atom is -0.481 e. The predicted octanol–water partition coefficient (Wildman–Crippen LogP) is 3.29. The summed E-state index contributed by atoms with van der Waals surface area (Å²) >= 11 is 1.32. The summed E-state index contributed by atoms with van der Waals surface area (Å²) in [6, 6.07) is -0.790. The number of aliphatic carboxylic acids is 1. The summed E-state index contributed by atoms with van der Waals surface area (Å²) in [5, 5.41) is 18.8. The first-order valence-electron chi connectivity index (χ1n) is 10.5. The normalized spacial score (nSPS) is 13.7. The summed E-state index contributed by atoms with van der Waals surface area (Å²) in [5.74, 6) is 10.9. The van der Waals surface area contributed by atoms with E-state index < -0.39 is 24.1 Å². The van der Waals surface area contributed by atoms with Crippen molar-refractivity contribution in [2.75, 3.05) is 12.9 Å². The third-order valence-corrected chi connectivity index (χ3v) is 5.55. The Bertz CT molecular complexity index is 696. The van der Waals surface area contributed by atoms with Crippen molar-refractivity contribution < 1.29 is 24.5 Å². The van der Waals surface area contributed by atoms with E-state index in [2.05, 4.69) is 35.3 Å². The molecule has 0 aliphatic rings. The van der Waals surface area contributed by atoms with E-state index in [1.807, 2.05) is 0 Å². The van der Waals surface area contributed by atoms with Gasteiger partial charge in [0.05, 0.1) is 19.6 Å². The number of thioether (sulfide) groups is 1. The van der Waals surface area contributed by atoms with E-state index in [0.717, 1.165) is 12.8 Å². The molecule has 0 aromatic heterocycles. The fourth-order valence-electron chi connectivity index (χ4n) is 2.40. The molecule has 0 rings (SSSR count). The molecule has 3 atom stereocenters. The van der Waals surface area contributed by atoms with Crippen LogP contribution in [0.3, 0.4) is 0 Å². The molecule has 0 aromatic carbocycles. The van der Waals surface area contributed by atoms with Gasteiger partial charge in [-0.3, -0.25) is 9.59 Å². The Morgan fingerprint density at radius 1 is 1.16 bits per heavy atom. The van der Waals surface area contributed by atoms with Gasteiger partial charge in [-0.1, -0.05) is 55.8 Å². The molecule has 0 unspecified atom stereocenters. The first kappa shape index (κ1) is 28.8. The van der Waals surface area contributed by atoms with Crippen LogP contribution in [0, 0.1) is 23.7 Å². The number of unbranched alkanes of at least 4 members (excludes halogenated alkanes) is 3. The lowest BCUT2D eigenvalue weighted by atomic mass is 10.1. The van der Waals surface area contributed by atoms with Crippen LogP contribution in [0.1, 0.15) is 58.3 Å². The smallest absolute Gasteiger partial charge is 0.323 e. The molecule has 4 N–H and O–H groups in total. The van der Waals surface area contributed by atoms with Crippen molar-refractivity contribution in [1.82, 2.24) is 0 Å². The number of allylic oxidation sites excluding steroid dienone is 3. The van der Waals surface area contributed by atoms with E-state index in [4.69, 9.17) is 10.8 Å². The second-order valence-electron chi connectivity index (χ2n) is 6.83. The van der Waals surface area contributed by atoms with Crippen molar-refractivity contribution in [2.24, 2.45) is 5.73 Å². The van der Waals surface area contributed by atoms with Gasteiger partial charge in [0.2, 0.25) is 0 Å². The molecular formula is C24H35NO5S. The Kier molecular flexibility index (Phi) is 18.4. The Morgan fingerprint density at radius 2 is 1.94 bits per heavy atom. The topological polar surface area (TPSA) is 110 Å². The molecule has 0 saturated carbocycles. The molecule has 0 heterocycles. The van der Waals surface area contributed by atoms with Gasteiger partial charge in [0.25, 0.3) is 0 Å². The molecular weight excluding hydrogens is 414 g/mol. The number of rotatable bonds is 14. The molecule has 0 saturated heterocycles. The maximum absolute atomic E-state index is 11.5. The molecule has 172 valence electrons. The third-order valence-electron chi connectivity index (χ3n) is 4.14. The number of carbonyl (C=O) groups excluding carboxylic acids is 1. The van der Waals surface area contributed by atoms with Crippen LogP contribution in [-0.4, -0.2) is 52.4 Å². The van der Waals surface area contributed by atoms with E-state index in [1.54, 1.807) is 24.3 Å². The Labute approximate surface area is 190 Å². The number of hydrogen-bond donors (Lipinski definition) is 3. The lowest BCUT2D eigenvalue weighted by Gasteiger charge is -2.20. The summed E-state index contributed by atoms with van der Waals surface area (Å²) in [6.07, 6.45) is 12.0. The molecule has 0 aliphatic carbocycles. The number of carboxylic acid groups (broad SMARTS) is 1. The quantitative estimate of drug-likeness (QED) is 0.162. The zero-order chi connectivity index (χ0) is 23.3. The van der Waals surface area contributed by atoms with Crippen LogP contribution in [0.25, 0.3) is 0 Å². The van der Waals surface area contributed by atoms with E-state index >= 15 is 0 Å². The van der Waals surface area contributed by atoms with Gasteiger partial charge in [-0.2, -0.15) is 0 Å². The number of carboxylic acids is 1. The molecule has 0 bridgehead atoms. The van der Waals surface area contributed by atoms with Crippen molar-refractivity contribution in [3.8, 4) is 23.7 Å². The van der Waals surface area contributed by atoms with Gasteiger partial charge in [-0.15, -0.1) is 17.7 Å². The number of methoxy groups -OCH3 is 1. The van der Waals surface area contributed by atoms with E-state index in [9.17, 15) is 14.7 Å². The summed E-state index contributed by atoms with van der Waals surface area (Å²) < 4.78 is 4.61. The number of aliphatic hydroxyl groups is 1. The Balaban J connectivity index is 4.66. The molecule has 7 heteroatoms. The number of carbonyl (C=O) groups is 2. The van der Waals surface area contributed by atoms with Crippen LogP contribution in [-0.2, 0) is 14.3 Å². The minimum atomic E-state index is -0.896. The van der Waals surface area contributed by atoms with Crippen molar-refractivity contribution in [3.63, 3.8) is 0 Å². The van der Waals surface area contributed by atoms with Crippen LogP contribution in [0.2, 0.25) is 0 Å². The first-order valence-corrected chi connectivity index (χ1v) is 11.6. The highest BCUT2D eigenvalue weighted by molar-refractivity contribution is 8.00. The third kappa shape index (κ3) is 17.2. The second-order valence-corrected chi connectivity index (χ2v) is 8.04. The second kappa shape index (κ2) is 19.8. The molecule has 0 amide bonds. The van der Waals surface area contributed by atoms with Gasteiger partial charge in [-0.05, 0) is 25.3 Å². The SMILES string of the molecule is CCCCCC#CCC#C/C=C/C=C/[C@@H](SC[C@H](N)C(=O)OC)[C@@H](O)CCCC(=O)O. The average molecular weight is 450 g/mol. The zero-order valence-corrected chi connectivity index (χ0v) is 19.3. The highest BCUT2D eigenvalue weighted by atomic mass is 32.2. The largest absolute Gasteiger partial charge is 0.481 e. The molecule has 0 fully saturated rings. The maximum atomic E-state index is 11.5. The number of ether oxygens (including phenoxy) is 1. The van der Waals surface area contributed by atoms with Crippen molar-refractivity contribution >= 4 is 23.7 Å². The van der Waals surface area contributed by atoms with Gasteiger partial charge in [-0.25, -0.2) is 0 Å². The van der Waals surface area contributed by atoms with E-state index in [-0.39, 0.29) is 17.4 Å². The molecule has 6 nitrogen and oxygen atoms in total. The zero-order valence-electron chi connectivity index (χ0n) is 18.5. The summed E-state index contributed by atoms with van der Waals surface area (Å²) in [4.78, 5) is 22.1. The van der Waals surface area contributed by atoms with Crippen LogP contribution >= 0.6 is 11.8 Å². The molecule has 31 heavy (non-hydrogen) atoms. The highest BCUT2D eigenvalue weighted by Gasteiger charge is 2.21. The Morgan fingerprint density at radius 3 is 2.61 bits per heavy atom. The van der Waals surface area contributed by atoms with Crippen LogP contribution in [0.4, 0.5) is 0 Å². The van der Waals surface area contributed by atoms with Gasteiger partial charge >= 0.3 is 11.9 Å². The molecule has 0 aromatic rings. The number of hydrogen-bond acceptors (Lipinski definition) is 6. The maximum Gasteiger partial charge on any atom is 0.323 e. The van der Waals surface area contributed by atoms with E-state index in [0.29, 0.717) is 19.3 Å². The predicted molar refractivity (Wildman–Crippen MR) is 126 cm³/mol. The highest BCUT2D eigenvalue weighted by Crippen LogP contribution is 2.21. The fraction of sp³-hybridized carbons (Fsp3) is 0.583. The van der Waals surface area contributed by atoms with Crippen molar-refractivity contribution in [1.29, 1.82) is 0 Å². The number of esters is 1. The van der Waals surface area contributed by atoms with Crippen molar-refractivity contribution in [3.05, 3.63) is 24.3 Å². The van der Waals surface area contributed by atoms with Crippen LogP contribution in [0.5, 0.6) is 0 Å². The van der Waals surface area contributed by atoms with Gasteiger partial charge in [0, 0.05) is 23.8 Å². The minimum absolute atomic E-state index is 0.00315. The van der Waals surface area contributed by atoms with E-state index in [1.165, 1.54) is 31.7 Å². The number of aliphatic hydroxyl groups excluding tert-OH is 1. The van der Waals surface area contributed by atoms with Gasteiger partial charge in [0.15, 0.2) is 0 Å². The summed E-state index contributed by atoms with van der Waals surface area (Å²) in [6.45, 7) is 2.16. The van der Waals surface area contributed by atoms with Crippen molar-refractivity contribution in [2.45, 2.75) is 75.7 Å². The standard InChI is InChI=1S/C24H35NO5S/c1-3-4-5-6-7-8-9-10-11-12-13-14-17-22(21(26)16-15-18-23(27)28)31-19-20(25)24(29)30-2/h12-14,17,20-22,26H,3-6,9,15-16,18-19,25H2,1-2H3,(H,27,28)/b13-12+,17-14+/t20-,21-,22+/m0/s1. The van der Waals surface area contributed by atoms with Crippen LogP contribution < -0.4 is 5.73 Å².